The lowest BCUT2D eigenvalue weighted by Crippen LogP contribution is -2.49. The fourth-order valence-electron chi connectivity index (χ4n) is 2.93. The van der Waals surface area contributed by atoms with Crippen LogP contribution >= 0.6 is 12.4 Å². The van der Waals surface area contributed by atoms with Crippen LogP contribution in [0.5, 0.6) is 0 Å². The highest BCUT2D eigenvalue weighted by Crippen LogP contribution is 2.25. The number of fused-ring (bicyclic) bond motifs is 1. The number of halogens is 1. The Morgan fingerprint density at radius 1 is 1.32 bits per heavy atom. The first-order valence-corrected chi connectivity index (χ1v) is 7.25. The molecule has 0 aliphatic carbocycles. The van der Waals surface area contributed by atoms with E-state index in [-0.39, 0.29) is 30.9 Å². The molecule has 0 spiro atoms. The number of carbonyl (C=O) groups excluding carboxylic acids is 1. The van der Waals surface area contributed by atoms with E-state index in [0.29, 0.717) is 13.0 Å². The number of carboxylic acid groups (broad SMARTS) is 1. The van der Waals surface area contributed by atoms with Gasteiger partial charge in [0.05, 0.1) is 6.04 Å². The van der Waals surface area contributed by atoms with Crippen LogP contribution in [0.3, 0.4) is 0 Å². The van der Waals surface area contributed by atoms with E-state index in [0.717, 1.165) is 30.9 Å². The van der Waals surface area contributed by atoms with Crippen LogP contribution in [0, 0.1) is 0 Å². The SMILES string of the molecule is Cl.O=C(O)CCc1ccc(N2CC3CNCCN3C2=O)cc1. The second-order valence-electron chi connectivity index (χ2n) is 5.50. The minimum Gasteiger partial charge on any atom is -0.481 e. The number of anilines is 1. The van der Waals surface area contributed by atoms with Crippen molar-refractivity contribution >= 4 is 30.1 Å². The van der Waals surface area contributed by atoms with E-state index >= 15 is 0 Å². The summed E-state index contributed by atoms with van der Waals surface area (Å²) in [4.78, 5) is 26.7. The van der Waals surface area contributed by atoms with E-state index in [1.807, 2.05) is 29.2 Å². The summed E-state index contributed by atoms with van der Waals surface area (Å²) in [5, 5.41) is 12.0. The molecule has 0 saturated carbocycles. The van der Waals surface area contributed by atoms with E-state index in [9.17, 15) is 9.59 Å². The monoisotopic (exact) mass is 325 g/mol. The van der Waals surface area contributed by atoms with Gasteiger partial charge in [-0.05, 0) is 24.1 Å². The molecule has 2 heterocycles. The number of amides is 2. The molecule has 3 rings (SSSR count). The molecular formula is C15H20ClN3O3. The van der Waals surface area contributed by atoms with Gasteiger partial charge in [0.15, 0.2) is 0 Å². The van der Waals surface area contributed by atoms with Crippen molar-refractivity contribution < 1.29 is 14.7 Å². The first kappa shape index (κ1) is 16.6. The van der Waals surface area contributed by atoms with Crippen molar-refractivity contribution in [1.29, 1.82) is 0 Å². The standard InChI is InChI=1S/C15H19N3O3.ClH/c19-14(20)6-3-11-1-4-12(5-2-11)18-10-13-9-16-7-8-17(13)15(18)21;/h1-2,4-5,13,16H,3,6-10H2,(H,19,20);1H. The molecule has 1 aromatic rings. The van der Waals surface area contributed by atoms with Crippen molar-refractivity contribution in [3.05, 3.63) is 29.8 Å². The minimum atomic E-state index is -0.793. The average Bonchev–Trinajstić information content (AvgIpc) is 2.83. The number of piperazine rings is 1. The molecule has 1 unspecified atom stereocenters. The molecule has 1 aromatic carbocycles. The molecular weight excluding hydrogens is 306 g/mol. The Labute approximate surface area is 135 Å². The number of rotatable bonds is 4. The molecule has 2 amide bonds. The summed E-state index contributed by atoms with van der Waals surface area (Å²) in [6.07, 6.45) is 0.645. The van der Waals surface area contributed by atoms with Gasteiger partial charge >= 0.3 is 12.0 Å². The second-order valence-corrected chi connectivity index (χ2v) is 5.50. The van der Waals surface area contributed by atoms with Crippen molar-refractivity contribution in [3.8, 4) is 0 Å². The lowest BCUT2D eigenvalue weighted by Gasteiger charge is -2.28. The first-order chi connectivity index (χ1) is 10.1. The maximum atomic E-state index is 12.4. The molecule has 2 fully saturated rings. The summed E-state index contributed by atoms with van der Waals surface area (Å²) >= 11 is 0. The van der Waals surface area contributed by atoms with Crippen molar-refractivity contribution in [3.63, 3.8) is 0 Å². The molecule has 0 aromatic heterocycles. The zero-order valence-electron chi connectivity index (χ0n) is 12.2. The molecule has 7 heteroatoms. The fourth-order valence-corrected chi connectivity index (χ4v) is 2.93. The minimum absolute atomic E-state index is 0. The lowest BCUT2D eigenvalue weighted by molar-refractivity contribution is -0.136. The highest BCUT2D eigenvalue weighted by molar-refractivity contribution is 5.94. The first-order valence-electron chi connectivity index (χ1n) is 7.25. The molecule has 2 N–H and O–H groups in total. The van der Waals surface area contributed by atoms with Crippen LogP contribution in [-0.4, -0.2) is 54.2 Å². The van der Waals surface area contributed by atoms with E-state index in [2.05, 4.69) is 5.32 Å². The highest BCUT2D eigenvalue weighted by atomic mass is 35.5. The predicted molar refractivity (Wildman–Crippen MR) is 85.8 cm³/mol. The third kappa shape index (κ3) is 3.34. The predicted octanol–water partition coefficient (Wildman–Crippen LogP) is 1.34. The Balaban J connectivity index is 0.00000176. The van der Waals surface area contributed by atoms with Crippen LogP contribution in [0.2, 0.25) is 0 Å². The number of carbonyl (C=O) groups is 2. The molecule has 2 aliphatic heterocycles. The summed E-state index contributed by atoms with van der Waals surface area (Å²) in [5.74, 6) is -0.793. The summed E-state index contributed by atoms with van der Waals surface area (Å²) < 4.78 is 0. The van der Waals surface area contributed by atoms with Gasteiger partial charge in [-0.15, -0.1) is 12.4 Å². The van der Waals surface area contributed by atoms with Gasteiger partial charge in [-0.1, -0.05) is 12.1 Å². The zero-order valence-corrected chi connectivity index (χ0v) is 13.0. The highest BCUT2D eigenvalue weighted by Gasteiger charge is 2.38. The van der Waals surface area contributed by atoms with E-state index in [4.69, 9.17) is 5.11 Å². The largest absolute Gasteiger partial charge is 0.481 e. The van der Waals surface area contributed by atoms with Gasteiger partial charge in [0.2, 0.25) is 0 Å². The van der Waals surface area contributed by atoms with Crippen LogP contribution in [0.4, 0.5) is 10.5 Å². The van der Waals surface area contributed by atoms with Gasteiger partial charge in [-0.3, -0.25) is 9.69 Å². The average molecular weight is 326 g/mol. The number of nitrogens with one attached hydrogen (secondary N) is 1. The Bertz CT molecular complexity index is 549. The molecule has 0 radical (unpaired) electrons. The number of aliphatic carboxylic acids is 1. The Morgan fingerprint density at radius 3 is 2.68 bits per heavy atom. The number of benzene rings is 1. The zero-order chi connectivity index (χ0) is 14.8. The van der Waals surface area contributed by atoms with Crippen LogP contribution in [0.15, 0.2) is 24.3 Å². The smallest absolute Gasteiger partial charge is 0.324 e. The normalized spacial score (nSPS) is 20.5. The van der Waals surface area contributed by atoms with Crippen LogP contribution in [0.1, 0.15) is 12.0 Å². The molecule has 2 aliphatic rings. The van der Waals surface area contributed by atoms with Crippen LogP contribution < -0.4 is 10.2 Å². The summed E-state index contributed by atoms with van der Waals surface area (Å²) in [6, 6.07) is 7.93. The van der Waals surface area contributed by atoms with Crippen LogP contribution in [-0.2, 0) is 11.2 Å². The van der Waals surface area contributed by atoms with Gasteiger partial charge in [0.1, 0.15) is 0 Å². The maximum Gasteiger partial charge on any atom is 0.324 e. The molecule has 120 valence electrons. The van der Waals surface area contributed by atoms with Crippen molar-refractivity contribution in [2.24, 2.45) is 0 Å². The van der Waals surface area contributed by atoms with Gasteiger partial charge < -0.3 is 15.3 Å². The van der Waals surface area contributed by atoms with Crippen molar-refractivity contribution in [2.45, 2.75) is 18.9 Å². The number of hydrogen-bond acceptors (Lipinski definition) is 3. The van der Waals surface area contributed by atoms with Crippen molar-refractivity contribution in [1.82, 2.24) is 10.2 Å². The second kappa shape index (κ2) is 6.98. The lowest BCUT2D eigenvalue weighted by atomic mass is 10.1. The molecule has 22 heavy (non-hydrogen) atoms. The summed E-state index contributed by atoms with van der Waals surface area (Å²) in [5.41, 5.74) is 1.86. The van der Waals surface area contributed by atoms with E-state index in [1.54, 1.807) is 4.90 Å². The number of aryl methyl sites for hydroxylation is 1. The third-order valence-corrected chi connectivity index (χ3v) is 4.10. The quantitative estimate of drug-likeness (QED) is 0.876. The van der Waals surface area contributed by atoms with E-state index < -0.39 is 5.97 Å². The van der Waals surface area contributed by atoms with E-state index in [1.165, 1.54) is 0 Å². The molecule has 2 saturated heterocycles. The molecule has 1 atom stereocenters. The Hall–Kier alpha value is -1.79. The summed E-state index contributed by atoms with van der Waals surface area (Å²) in [7, 11) is 0. The fraction of sp³-hybridized carbons (Fsp3) is 0.467. The van der Waals surface area contributed by atoms with Gasteiger partial charge in [0.25, 0.3) is 0 Å². The van der Waals surface area contributed by atoms with Gasteiger partial charge in [0, 0.05) is 38.3 Å². The third-order valence-electron chi connectivity index (χ3n) is 4.10. The van der Waals surface area contributed by atoms with Gasteiger partial charge in [-0.2, -0.15) is 0 Å². The Morgan fingerprint density at radius 2 is 2.05 bits per heavy atom. The Kier molecular flexibility index (Phi) is 5.26. The van der Waals surface area contributed by atoms with Crippen LogP contribution in [0.25, 0.3) is 0 Å². The summed E-state index contributed by atoms with van der Waals surface area (Å²) in [6.45, 7) is 3.17. The maximum absolute atomic E-state index is 12.4. The van der Waals surface area contributed by atoms with Crippen molar-refractivity contribution in [2.75, 3.05) is 31.1 Å². The number of nitrogens with zero attached hydrogens (tertiary/aromatic N) is 2. The molecule has 0 bridgehead atoms. The number of hydrogen-bond donors (Lipinski definition) is 2. The number of carboxylic acids is 1. The molecule has 6 nitrogen and oxygen atoms in total. The van der Waals surface area contributed by atoms with Gasteiger partial charge in [-0.25, -0.2) is 4.79 Å². The number of urea groups is 1. The topological polar surface area (TPSA) is 72.9 Å².